The van der Waals surface area contributed by atoms with Gasteiger partial charge in [0.2, 0.25) is 0 Å². The second-order valence-electron chi connectivity index (χ2n) is 9.83. The molecule has 7 rings (SSSR count). The van der Waals surface area contributed by atoms with Gasteiger partial charge in [0, 0.05) is 10.8 Å². The molecule has 0 radical (unpaired) electrons. The van der Waals surface area contributed by atoms with Crippen LogP contribution in [0.15, 0.2) is 131 Å². The molecule has 1 atom stereocenters. The van der Waals surface area contributed by atoms with Gasteiger partial charge in [0.1, 0.15) is 11.2 Å². The Morgan fingerprint density at radius 1 is 0.657 bits per heavy atom. The number of rotatable bonds is 2. The minimum atomic E-state index is -0.518. The maximum absolute atomic E-state index is 6.60. The molecule has 1 unspecified atom stereocenters. The first-order chi connectivity index (χ1) is 17.1. The number of para-hydroxylation sites is 1. The van der Waals surface area contributed by atoms with Gasteiger partial charge in [-0.25, -0.2) is 0 Å². The van der Waals surface area contributed by atoms with Crippen molar-refractivity contribution in [1.82, 2.24) is 0 Å². The summed E-state index contributed by atoms with van der Waals surface area (Å²) in [5.74, 6) is 0. The van der Waals surface area contributed by atoms with E-state index in [0.717, 1.165) is 21.9 Å². The number of fused-ring (bicyclic) bond motifs is 5. The van der Waals surface area contributed by atoms with Crippen molar-refractivity contribution in [2.45, 2.75) is 17.9 Å². The molecule has 1 aromatic heterocycles. The summed E-state index contributed by atoms with van der Waals surface area (Å²) in [4.78, 5) is 0. The molecule has 168 valence electrons. The number of nitrogens with two attached hydrogens (primary N) is 1. The van der Waals surface area contributed by atoms with Crippen molar-refractivity contribution in [3.8, 4) is 0 Å². The first-order valence-corrected chi connectivity index (χ1v) is 12.1. The minimum Gasteiger partial charge on any atom is -0.456 e. The van der Waals surface area contributed by atoms with Gasteiger partial charge in [0.05, 0.1) is 11.0 Å². The lowest BCUT2D eigenvalue weighted by Gasteiger charge is -2.35. The highest BCUT2D eigenvalue weighted by Crippen LogP contribution is 2.57. The first kappa shape index (κ1) is 20.3. The van der Waals surface area contributed by atoms with Gasteiger partial charge >= 0.3 is 0 Å². The maximum atomic E-state index is 6.60. The van der Waals surface area contributed by atoms with E-state index in [4.69, 9.17) is 10.2 Å². The van der Waals surface area contributed by atoms with Crippen molar-refractivity contribution in [2.75, 3.05) is 0 Å². The zero-order valence-corrected chi connectivity index (χ0v) is 19.5. The highest BCUT2D eigenvalue weighted by Gasteiger charge is 2.47. The third kappa shape index (κ3) is 2.81. The van der Waals surface area contributed by atoms with E-state index < -0.39 is 11.0 Å². The summed E-state index contributed by atoms with van der Waals surface area (Å²) >= 11 is 0. The van der Waals surface area contributed by atoms with Crippen molar-refractivity contribution in [2.24, 2.45) is 5.73 Å². The molecule has 35 heavy (non-hydrogen) atoms. The van der Waals surface area contributed by atoms with E-state index in [1.807, 2.05) is 19.1 Å². The lowest BCUT2D eigenvalue weighted by atomic mass is 9.66. The van der Waals surface area contributed by atoms with E-state index in [1.54, 1.807) is 0 Å². The van der Waals surface area contributed by atoms with Crippen LogP contribution in [0, 0.1) is 0 Å². The van der Waals surface area contributed by atoms with Gasteiger partial charge in [-0.1, -0.05) is 103 Å². The van der Waals surface area contributed by atoms with Crippen LogP contribution in [0.5, 0.6) is 0 Å². The molecular weight excluding hydrogens is 426 g/mol. The van der Waals surface area contributed by atoms with Gasteiger partial charge in [-0.3, -0.25) is 0 Å². The number of furan rings is 1. The summed E-state index contributed by atoms with van der Waals surface area (Å²) in [5.41, 5.74) is 14.8. The Morgan fingerprint density at radius 3 is 2.00 bits per heavy atom. The van der Waals surface area contributed by atoms with Crippen LogP contribution in [0.2, 0.25) is 0 Å². The standard InChI is InChI=1S/C33H25NO/c1-32(34)18-16-24-26-20-27-25-14-8-9-15-30(25)35-31(27)21-29(26)33(28(24)17-19-32,22-10-4-2-5-11-22)23-12-6-3-7-13-23/h2-21H,34H2,1H3. The Balaban J connectivity index is 1.67. The second-order valence-corrected chi connectivity index (χ2v) is 9.83. The van der Waals surface area contributed by atoms with Gasteiger partial charge in [-0.2, -0.15) is 0 Å². The van der Waals surface area contributed by atoms with Crippen LogP contribution in [0.25, 0.3) is 27.5 Å². The zero-order chi connectivity index (χ0) is 23.6. The SMILES string of the molecule is CC1(N)C=CC2=C(C=C1)C(c1ccccc1)(c1ccccc1)c1cc3oc4ccccc4c3cc12. The molecule has 0 saturated carbocycles. The molecule has 0 spiro atoms. The van der Waals surface area contributed by atoms with Gasteiger partial charge in [-0.05, 0) is 58.5 Å². The van der Waals surface area contributed by atoms with Crippen molar-refractivity contribution < 1.29 is 4.42 Å². The summed E-state index contributed by atoms with van der Waals surface area (Å²) in [5, 5.41) is 2.28. The van der Waals surface area contributed by atoms with Crippen LogP contribution in [0.1, 0.15) is 29.2 Å². The molecular formula is C33H25NO. The topological polar surface area (TPSA) is 39.2 Å². The van der Waals surface area contributed by atoms with Crippen LogP contribution in [0.4, 0.5) is 0 Å². The van der Waals surface area contributed by atoms with Gasteiger partial charge in [0.15, 0.2) is 0 Å². The lowest BCUT2D eigenvalue weighted by Crippen LogP contribution is -2.32. The predicted molar refractivity (Wildman–Crippen MR) is 144 cm³/mol. The van der Waals surface area contributed by atoms with Gasteiger partial charge in [-0.15, -0.1) is 0 Å². The summed E-state index contributed by atoms with van der Waals surface area (Å²) in [7, 11) is 0. The third-order valence-electron chi connectivity index (χ3n) is 7.54. The Morgan fingerprint density at radius 2 is 1.29 bits per heavy atom. The zero-order valence-electron chi connectivity index (χ0n) is 19.5. The second kappa shape index (κ2) is 7.18. The summed E-state index contributed by atoms with van der Waals surface area (Å²) in [6.07, 6.45) is 8.70. The molecule has 0 fully saturated rings. The van der Waals surface area contributed by atoms with E-state index in [1.165, 1.54) is 33.4 Å². The quantitative estimate of drug-likeness (QED) is 0.301. The molecule has 2 heteroatoms. The molecule has 0 aliphatic heterocycles. The lowest BCUT2D eigenvalue weighted by molar-refractivity contribution is 0.665. The molecule has 5 aromatic rings. The molecule has 2 nitrogen and oxygen atoms in total. The van der Waals surface area contributed by atoms with E-state index in [0.29, 0.717) is 0 Å². The normalized spacial score (nSPS) is 20.3. The Bertz CT molecular complexity index is 1660. The fourth-order valence-electron chi connectivity index (χ4n) is 5.94. The minimum absolute atomic E-state index is 0.485. The van der Waals surface area contributed by atoms with Crippen molar-refractivity contribution >= 4 is 27.5 Å². The van der Waals surface area contributed by atoms with Crippen molar-refractivity contribution in [3.05, 3.63) is 149 Å². The van der Waals surface area contributed by atoms with Gasteiger partial charge in [0.25, 0.3) is 0 Å². The molecule has 2 aliphatic carbocycles. The summed E-state index contributed by atoms with van der Waals surface area (Å²) in [6.45, 7) is 2.04. The van der Waals surface area contributed by atoms with Gasteiger partial charge < -0.3 is 10.2 Å². The average Bonchev–Trinajstić information content (AvgIpc) is 3.32. The third-order valence-corrected chi connectivity index (χ3v) is 7.54. The molecule has 2 N–H and O–H groups in total. The fraction of sp³-hybridized carbons (Fsp3) is 0.0909. The van der Waals surface area contributed by atoms with E-state index in [2.05, 4.69) is 109 Å². The number of hydrogen-bond acceptors (Lipinski definition) is 2. The summed E-state index contributed by atoms with van der Waals surface area (Å²) < 4.78 is 6.38. The highest BCUT2D eigenvalue weighted by molar-refractivity contribution is 6.08. The molecule has 2 aliphatic rings. The fourth-order valence-corrected chi connectivity index (χ4v) is 5.94. The van der Waals surface area contributed by atoms with Crippen LogP contribution >= 0.6 is 0 Å². The molecule has 0 saturated heterocycles. The van der Waals surface area contributed by atoms with E-state index >= 15 is 0 Å². The first-order valence-electron chi connectivity index (χ1n) is 12.1. The van der Waals surface area contributed by atoms with E-state index in [-0.39, 0.29) is 0 Å². The smallest absolute Gasteiger partial charge is 0.135 e. The largest absolute Gasteiger partial charge is 0.456 e. The van der Waals surface area contributed by atoms with Crippen molar-refractivity contribution in [3.63, 3.8) is 0 Å². The van der Waals surface area contributed by atoms with Crippen molar-refractivity contribution in [1.29, 1.82) is 0 Å². The van der Waals surface area contributed by atoms with Crippen LogP contribution in [0.3, 0.4) is 0 Å². The Labute approximate surface area is 204 Å². The molecule has 0 bridgehead atoms. The molecule has 4 aromatic carbocycles. The number of hydrogen-bond donors (Lipinski definition) is 1. The Kier molecular flexibility index (Phi) is 4.15. The number of benzene rings is 4. The van der Waals surface area contributed by atoms with Crippen LogP contribution < -0.4 is 5.73 Å². The van der Waals surface area contributed by atoms with E-state index in [9.17, 15) is 0 Å². The molecule has 0 amide bonds. The Hall–Kier alpha value is -4.14. The maximum Gasteiger partial charge on any atom is 0.135 e. The number of allylic oxidation sites excluding steroid dienone is 4. The average molecular weight is 452 g/mol. The highest BCUT2D eigenvalue weighted by atomic mass is 16.3. The van der Waals surface area contributed by atoms with Crippen LogP contribution in [-0.2, 0) is 5.41 Å². The van der Waals surface area contributed by atoms with Crippen LogP contribution in [-0.4, -0.2) is 5.54 Å². The molecule has 1 heterocycles. The predicted octanol–water partition coefficient (Wildman–Crippen LogP) is 7.53. The summed E-state index contributed by atoms with van der Waals surface area (Å²) in [6, 6.07) is 34.5. The monoisotopic (exact) mass is 451 g/mol.